The molecule has 0 saturated carbocycles. The van der Waals surface area contributed by atoms with Crippen LogP contribution in [0.15, 0.2) is 76.1 Å². The highest BCUT2D eigenvalue weighted by molar-refractivity contribution is 7.91. The summed E-state index contributed by atoms with van der Waals surface area (Å²) in [5.74, 6) is -0.269. The Kier molecular flexibility index (Phi) is 4.74. The molecule has 0 unspecified atom stereocenters. The van der Waals surface area contributed by atoms with Crippen LogP contribution in [0.3, 0.4) is 0 Å². The van der Waals surface area contributed by atoms with Gasteiger partial charge in [-0.15, -0.1) is 11.3 Å². The quantitative estimate of drug-likeness (QED) is 0.540. The number of hydrogen-bond donors (Lipinski definition) is 1. The maximum Gasteiger partial charge on any atom is 0.246 e. The zero-order valence-corrected chi connectivity index (χ0v) is 16.6. The molecule has 0 atom stereocenters. The first kappa shape index (κ1) is 18.4. The van der Waals surface area contributed by atoms with E-state index in [-0.39, 0.29) is 22.2 Å². The molecule has 0 aliphatic carbocycles. The van der Waals surface area contributed by atoms with Crippen LogP contribution >= 0.6 is 11.3 Å². The second-order valence-electron chi connectivity index (χ2n) is 6.34. The van der Waals surface area contributed by atoms with Crippen molar-refractivity contribution in [3.05, 3.63) is 71.9 Å². The highest BCUT2D eigenvalue weighted by atomic mass is 32.2. The van der Waals surface area contributed by atoms with Gasteiger partial charge in [-0.25, -0.2) is 13.4 Å². The van der Waals surface area contributed by atoms with Crippen molar-refractivity contribution in [1.29, 1.82) is 0 Å². The first-order chi connectivity index (χ1) is 13.4. The summed E-state index contributed by atoms with van der Waals surface area (Å²) in [7, 11) is -3.71. The Hall–Kier alpha value is -2.97. The van der Waals surface area contributed by atoms with Crippen molar-refractivity contribution in [3.8, 4) is 0 Å². The smallest absolute Gasteiger partial charge is 0.246 e. The lowest BCUT2D eigenvalue weighted by molar-refractivity contribution is -0.116. The third-order valence-corrected chi connectivity index (χ3v) is 6.85. The lowest BCUT2D eigenvalue weighted by Gasteiger charge is -2.05. The number of para-hydroxylation sites is 1. The standard InChI is InChI=1S/C20H17N3O3S2/c1-14-6-8-15(9-7-14)28(25,26)18-12-23(17-5-3-2-4-16(17)18)13-19(24)22-20-21-10-11-27-20/h2-12H,13H2,1H3,(H,21,22,24). The number of carbonyl (C=O) groups excluding carboxylic acids is 1. The molecule has 2 aromatic heterocycles. The fourth-order valence-corrected chi connectivity index (χ4v) is 5.02. The Morgan fingerprint density at radius 2 is 1.89 bits per heavy atom. The SMILES string of the molecule is Cc1ccc(S(=O)(=O)c2cn(CC(=O)Nc3nccs3)c3ccccc23)cc1. The van der Waals surface area contributed by atoms with Gasteiger partial charge in [0.25, 0.3) is 0 Å². The summed E-state index contributed by atoms with van der Waals surface area (Å²) in [6.45, 7) is 1.90. The third kappa shape index (κ3) is 3.44. The molecule has 0 saturated heterocycles. The molecule has 0 aliphatic heterocycles. The van der Waals surface area contributed by atoms with Gasteiger partial charge < -0.3 is 9.88 Å². The lowest BCUT2D eigenvalue weighted by atomic mass is 10.2. The fraction of sp³-hybridized carbons (Fsp3) is 0.100. The van der Waals surface area contributed by atoms with Crippen LogP contribution in [0, 0.1) is 6.92 Å². The number of anilines is 1. The van der Waals surface area contributed by atoms with Crippen molar-refractivity contribution >= 4 is 43.1 Å². The topological polar surface area (TPSA) is 81.1 Å². The second kappa shape index (κ2) is 7.21. The normalized spacial score (nSPS) is 11.6. The maximum atomic E-state index is 13.2. The summed E-state index contributed by atoms with van der Waals surface area (Å²) < 4.78 is 28.0. The minimum absolute atomic E-state index is 0.0104. The van der Waals surface area contributed by atoms with Crippen LogP contribution in [0.2, 0.25) is 0 Å². The predicted octanol–water partition coefficient (Wildman–Crippen LogP) is 3.88. The number of nitrogens with one attached hydrogen (secondary N) is 1. The molecule has 0 spiro atoms. The summed E-state index contributed by atoms with van der Waals surface area (Å²) in [5.41, 5.74) is 1.67. The van der Waals surface area contributed by atoms with Gasteiger partial charge in [-0.3, -0.25) is 4.79 Å². The van der Waals surface area contributed by atoms with Gasteiger partial charge in [0.2, 0.25) is 15.7 Å². The first-order valence-electron chi connectivity index (χ1n) is 8.54. The molecule has 8 heteroatoms. The van der Waals surface area contributed by atoms with Crippen LogP contribution in [0.5, 0.6) is 0 Å². The van der Waals surface area contributed by atoms with Gasteiger partial charge in [0, 0.05) is 28.7 Å². The first-order valence-corrected chi connectivity index (χ1v) is 10.9. The van der Waals surface area contributed by atoms with Gasteiger partial charge in [0.1, 0.15) is 6.54 Å². The number of aromatic nitrogens is 2. The van der Waals surface area contributed by atoms with Crippen molar-refractivity contribution in [3.63, 3.8) is 0 Å². The van der Waals surface area contributed by atoms with Gasteiger partial charge in [0.15, 0.2) is 5.13 Å². The van der Waals surface area contributed by atoms with Crippen LogP contribution < -0.4 is 5.32 Å². The van der Waals surface area contributed by atoms with Crippen LogP contribution in [0.25, 0.3) is 10.9 Å². The number of aryl methyl sites for hydroxylation is 1. The van der Waals surface area contributed by atoms with Crippen LogP contribution in [-0.2, 0) is 21.2 Å². The summed E-state index contributed by atoms with van der Waals surface area (Å²) in [5, 5.41) is 5.59. The predicted molar refractivity (Wildman–Crippen MR) is 109 cm³/mol. The molecular weight excluding hydrogens is 394 g/mol. The van der Waals surface area contributed by atoms with Gasteiger partial charge in [-0.2, -0.15) is 0 Å². The minimum atomic E-state index is -3.71. The largest absolute Gasteiger partial charge is 0.337 e. The van der Waals surface area contributed by atoms with Crippen LogP contribution in [-0.4, -0.2) is 23.9 Å². The summed E-state index contributed by atoms with van der Waals surface area (Å²) in [6.07, 6.45) is 3.14. The molecule has 0 aliphatic rings. The molecule has 142 valence electrons. The Balaban J connectivity index is 1.74. The van der Waals surface area contributed by atoms with Gasteiger partial charge >= 0.3 is 0 Å². The molecular formula is C20H17N3O3S2. The molecule has 2 heterocycles. The summed E-state index contributed by atoms with van der Waals surface area (Å²) in [4.78, 5) is 16.8. The Labute approximate surface area is 166 Å². The summed E-state index contributed by atoms with van der Waals surface area (Å²) >= 11 is 1.33. The molecule has 0 radical (unpaired) electrons. The zero-order valence-electron chi connectivity index (χ0n) is 15.0. The highest BCUT2D eigenvalue weighted by Crippen LogP contribution is 2.30. The lowest BCUT2D eigenvalue weighted by Crippen LogP contribution is -2.18. The van der Waals surface area contributed by atoms with E-state index >= 15 is 0 Å². The number of hydrogen-bond acceptors (Lipinski definition) is 5. The third-order valence-electron chi connectivity index (χ3n) is 4.37. The van der Waals surface area contributed by atoms with E-state index in [9.17, 15) is 13.2 Å². The van der Waals surface area contributed by atoms with E-state index < -0.39 is 9.84 Å². The number of carbonyl (C=O) groups is 1. The highest BCUT2D eigenvalue weighted by Gasteiger charge is 2.23. The number of sulfone groups is 1. The average Bonchev–Trinajstić information content (AvgIpc) is 3.31. The monoisotopic (exact) mass is 411 g/mol. The molecule has 2 aromatic carbocycles. The molecule has 1 N–H and O–H groups in total. The Morgan fingerprint density at radius 1 is 1.14 bits per heavy atom. The Morgan fingerprint density at radius 3 is 2.61 bits per heavy atom. The van der Waals surface area contributed by atoms with E-state index in [2.05, 4.69) is 10.3 Å². The van der Waals surface area contributed by atoms with E-state index in [1.165, 1.54) is 17.5 Å². The van der Waals surface area contributed by atoms with Gasteiger partial charge in [-0.05, 0) is 25.1 Å². The number of amides is 1. The molecule has 28 heavy (non-hydrogen) atoms. The number of benzene rings is 2. The minimum Gasteiger partial charge on any atom is -0.337 e. The van der Waals surface area contributed by atoms with Crippen LogP contribution in [0.4, 0.5) is 5.13 Å². The molecule has 0 bridgehead atoms. The molecule has 1 amide bonds. The van der Waals surface area contributed by atoms with E-state index in [0.29, 0.717) is 16.0 Å². The van der Waals surface area contributed by atoms with Crippen molar-refractivity contribution in [2.24, 2.45) is 0 Å². The number of fused-ring (bicyclic) bond motifs is 1. The maximum absolute atomic E-state index is 13.2. The van der Waals surface area contributed by atoms with E-state index in [0.717, 1.165) is 5.56 Å². The van der Waals surface area contributed by atoms with Gasteiger partial charge in [0.05, 0.1) is 9.79 Å². The van der Waals surface area contributed by atoms with E-state index in [1.54, 1.807) is 58.6 Å². The van der Waals surface area contributed by atoms with Gasteiger partial charge in [-0.1, -0.05) is 35.9 Å². The zero-order chi connectivity index (χ0) is 19.7. The molecule has 6 nitrogen and oxygen atoms in total. The molecule has 4 rings (SSSR count). The summed E-state index contributed by atoms with van der Waals surface area (Å²) in [6, 6.07) is 13.9. The average molecular weight is 412 g/mol. The number of thiazole rings is 1. The van der Waals surface area contributed by atoms with Crippen molar-refractivity contribution in [2.75, 3.05) is 5.32 Å². The van der Waals surface area contributed by atoms with E-state index in [4.69, 9.17) is 0 Å². The second-order valence-corrected chi connectivity index (χ2v) is 9.15. The van der Waals surface area contributed by atoms with Crippen molar-refractivity contribution in [2.45, 2.75) is 23.3 Å². The van der Waals surface area contributed by atoms with Crippen molar-refractivity contribution < 1.29 is 13.2 Å². The number of nitrogens with zero attached hydrogens (tertiary/aromatic N) is 2. The van der Waals surface area contributed by atoms with Crippen LogP contribution in [0.1, 0.15) is 5.56 Å². The fourth-order valence-electron chi connectivity index (χ4n) is 3.00. The number of rotatable bonds is 5. The Bertz CT molecular complexity index is 1240. The molecule has 4 aromatic rings. The van der Waals surface area contributed by atoms with E-state index in [1.807, 2.05) is 13.0 Å². The molecule has 0 fully saturated rings. The van der Waals surface area contributed by atoms with Crippen molar-refractivity contribution in [1.82, 2.24) is 9.55 Å².